The number of nitrogens with one attached hydrogen (secondary N) is 1. The van der Waals surface area contributed by atoms with E-state index < -0.39 is 0 Å². The third kappa shape index (κ3) is 0.622. The summed E-state index contributed by atoms with van der Waals surface area (Å²) in [5, 5.41) is 3.50. The predicted octanol–water partition coefficient (Wildman–Crippen LogP) is 2.48. The molecule has 0 saturated heterocycles. The summed E-state index contributed by atoms with van der Waals surface area (Å²) < 4.78 is 0. The topological polar surface area (TPSA) is 36.2 Å². The Labute approximate surface area is 54.5 Å². The maximum absolute atomic E-state index is 6.82. The van der Waals surface area contributed by atoms with Gasteiger partial charge in [0.15, 0.2) is 0 Å². The van der Waals surface area contributed by atoms with Crippen LogP contribution in [-0.2, 0) is 0 Å². The molecular formula is C7H10N2. The molecule has 0 amide bonds. The summed E-state index contributed by atoms with van der Waals surface area (Å²) in [4.78, 5) is 0. The van der Waals surface area contributed by atoms with Gasteiger partial charge in [0.1, 0.15) is 0 Å². The fraction of sp³-hybridized carbons (Fsp3) is 0.714. The normalized spacial score (nSPS) is 31.8. The van der Waals surface area contributed by atoms with Crippen molar-refractivity contribution in [2.24, 2.45) is 11.0 Å². The molecule has 9 heavy (non-hydrogen) atoms. The van der Waals surface area contributed by atoms with Gasteiger partial charge in [0, 0.05) is 0 Å². The Balaban J connectivity index is 2.32. The molecule has 1 unspecified atom stereocenters. The third-order valence-electron chi connectivity index (χ3n) is 2.41. The summed E-state index contributed by atoms with van der Waals surface area (Å²) in [6.07, 6.45) is 4.92. The van der Waals surface area contributed by atoms with Crippen molar-refractivity contribution in [3.63, 3.8) is 0 Å². The first kappa shape index (κ1) is 5.15. The minimum Gasteiger partial charge on any atom is -0.205 e. The van der Waals surface area contributed by atoms with Crippen LogP contribution in [0.5, 0.6) is 0 Å². The average molecular weight is 122 g/mol. The molecule has 1 atom stereocenters. The highest BCUT2D eigenvalue weighted by Crippen LogP contribution is 2.44. The van der Waals surface area contributed by atoms with E-state index in [1.807, 2.05) is 0 Å². The van der Waals surface area contributed by atoms with Gasteiger partial charge in [-0.15, -0.1) is 0 Å². The second-order valence-corrected chi connectivity index (χ2v) is 2.97. The Morgan fingerprint density at radius 3 is 2.67 bits per heavy atom. The molecule has 2 heteroatoms. The lowest BCUT2D eigenvalue weighted by molar-refractivity contribution is 0.557. The monoisotopic (exact) mass is 122 g/mol. The molecule has 2 aliphatic rings. The highest BCUT2D eigenvalue weighted by atomic mass is 15.0. The third-order valence-corrected chi connectivity index (χ3v) is 2.41. The first-order valence-corrected chi connectivity index (χ1v) is 3.48. The highest BCUT2D eigenvalue weighted by molar-refractivity contribution is 5.23. The zero-order chi connectivity index (χ0) is 6.27. The fourth-order valence-electron chi connectivity index (χ4n) is 1.91. The highest BCUT2D eigenvalue weighted by Gasteiger charge is 2.29. The van der Waals surface area contributed by atoms with Gasteiger partial charge in [0.2, 0.25) is 0 Å². The summed E-state index contributed by atoms with van der Waals surface area (Å²) >= 11 is 0. The number of allylic oxidation sites excluding steroid dienone is 2. The molecule has 1 fully saturated rings. The van der Waals surface area contributed by atoms with Crippen molar-refractivity contribution >= 4 is 0 Å². The molecule has 0 spiro atoms. The van der Waals surface area contributed by atoms with E-state index in [-0.39, 0.29) is 0 Å². The van der Waals surface area contributed by atoms with Gasteiger partial charge in [-0.3, -0.25) is 0 Å². The van der Waals surface area contributed by atoms with Gasteiger partial charge < -0.3 is 0 Å². The van der Waals surface area contributed by atoms with Crippen LogP contribution in [0, 0.1) is 11.4 Å². The Bertz CT molecular complexity index is 181. The minimum absolute atomic E-state index is 0.865. The van der Waals surface area contributed by atoms with E-state index in [1.54, 1.807) is 0 Å². The van der Waals surface area contributed by atoms with Crippen LogP contribution in [-0.4, -0.2) is 0 Å². The standard InChI is InChI=1S/C7H10N2/c8-9-7-4-5-1-2-6(7)3-5/h5,8H,1-4H2. The zero-order valence-corrected chi connectivity index (χ0v) is 5.35. The average Bonchev–Trinajstić information content (AvgIpc) is 2.45. The van der Waals surface area contributed by atoms with Crippen LogP contribution in [0.15, 0.2) is 16.4 Å². The number of rotatable bonds is 1. The molecular weight excluding hydrogens is 112 g/mol. The number of hydrogen-bond acceptors (Lipinski definition) is 2. The quantitative estimate of drug-likeness (QED) is 0.519. The van der Waals surface area contributed by atoms with Crippen molar-refractivity contribution < 1.29 is 0 Å². The van der Waals surface area contributed by atoms with Crippen LogP contribution in [0.2, 0.25) is 0 Å². The molecule has 0 aromatic rings. The molecule has 48 valence electrons. The van der Waals surface area contributed by atoms with Crippen molar-refractivity contribution in [1.82, 2.24) is 0 Å². The molecule has 0 aliphatic heterocycles. The smallest absolute Gasteiger partial charge is 0.0618 e. The molecule has 0 heterocycles. The summed E-state index contributed by atoms with van der Waals surface area (Å²) in [5.74, 6) is 0.865. The Morgan fingerprint density at radius 2 is 2.33 bits per heavy atom. The van der Waals surface area contributed by atoms with Gasteiger partial charge in [0.25, 0.3) is 0 Å². The van der Waals surface area contributed by atoms with E-state index in [2.05, 4.69) is 5.11 Å². The molecule has 0 radical (unpaired) electrons. The summed E-state index contributed by atoms with van der Waals surface area (Å²) in [6, 6.07) is 0. The number of fused-ring (bicyclic) bond motifs is 2. The lowest BCUT2D eigenvalue weighted by Crippen LogP contribution is -1.90. The maximum atomic E-state index is 6.82. The van der Waals surface area contributed by atoms with Crippen molar-refractivity contribution in [3.8, 4) is 0 Å². The van der Waals surface area contributed by atoms with Crippen LogP contribution in [0.25, 0.3) is 0 Å². The second-order valence-electron chi connectivity index (χ2n) is 2.97. The maximum Gasteiger partial charge on any atom is 0.0618 e. The van der Waals surface area contributed by atoms with Crippen LogP contribution < -0.4 is 0 Å². The molecule has 0 aromatic heterocycles. The van der Waals surface area contributed by atoms with E-state index in [4.69, 9.17) is 5.53 Å². The summed E-state index contributed by atoms with van der Waals surface area (Å²) in [5.41, 5.74) is 9.38. The van der Waals surface area contributed by atoms with Gasteiger partial charge in [-0.2, -0.15) is 5.11 Å². The summed E-state index contributed by atoms with van der Waals surface area (Å²) in [7, 11) is 0. The van der Waals surface area contributed by atoms with E-state index >= 15 is 0 Å². The van der Waals surface area contributed by atoms with E-state index in [0.717, 1.165) is 18.0 Å². The molecule has 1 N–H and O–H groups in total. The van der Waals surface area contributed by atoms with Gasteiger partial charge in [-0.05, 0) is 37.2 Å². The van der Waals surface area contributed by atoms with Gasteiger partial charge in [-0.25, -0.2) is 5.53 Å². The van der Waals surface area contributed by atoms with Gasteiger partial charge in [0.05, 0.1) is 5.70 Å². The predicted molar refractivity (Wildman–Crippen MR) is 34.1 cm³/mol. The Kier molecular flexibility index (Phi) is 0.949. The first-order chi connectivity index (χ1) is 4.40. The Morgan fingerprint density at radius 1 is 1.44 bits per heavy atom. The van der Waals surface area contributed by atoms with Crippen LogP contribution >= 0.6 is 0 Å². The molecule has 0 aromatic carbocycles. The van der Waals surface area contributed by atoms with Crippen molar-refractivity contribution in [1.29, 1.82) is 5.53 Å². The molecule has 2 nitrogen and oxygen atoms in total. The SMILES string of the molecule is N=NC1=C2CCC(C2)C1. The summed E-state index contributed by atoms with van der Waals surface area (Å²) in [6.45, 7) is 0. The van der Waals surface area contributed by atoms with Crippen molar-refractivity contribution in [2.45, 2.75) is 25.7 Å². The van der Waals surface area contributed by atoms with Crippen molar-refractivity contribution in [3.05, 3.63) is 11.3 Å². The van der Waals surface area contributed by atoms with Crippen LogP contribution in [0.4, 0.5) is 0 Å². The number of hydrogen-bond donors (Lipinski definition) is 1. The minimum atomic E-state index is 0.865. The van der Waals surface area contributed by atoms with Crippen LogP contribution in [0.3, 0.4) is 0 Å². The zero-order valence-electron chi connectivity index (χ0n) is 5.35. The van der Waals surface area contributed by atoms with Crippen molar-refractivity contribution in [2.75, 3.05) is 0 Å². The lowest BCUT2D eigenvalue weighted by atomic mass is 10.0. The first-order valence-electron chi connectivity index (χ1n) is 3.48. The second kappa shape index (κ2) is 1.66. The largest absolute Gasteiger partial charge is 0.205 e. The van der Waals surface area contributed by atoms with E-state index in [9.17, 15) is 0 Å². The van der Waals surface area contributed by atoms with E-state index in [1.165, 1.54) is 24.8 Å². The van der Waals surface area contributed by atoms with Crippen LogP contribution in [0.1, 0.15) is 25.7 Å². The molecule has 1 saturated carbocycles. The van der Waals surface area contributed by atoms with Gasteiger partial charge >= 0.3 is 0 Å². The van der Waals surface area contributed by atoms with Gasteiger partial charge in [-0.1, -0.05) is 0 Å². The lowest BCUT2D eigenvalue weighted by Gasteiger charge is -2.04. The fourth-order valence-corrected chi connectivity index (χ4v) is 1.91. The Hall–Kier alpha value is -0.660. The molecule has 2 bridgehead atoms. The van der Waals surface area contributed by atoms with E-state index in [0.29, 0.717) is 0 Å². The molecule has 2 rings (SSSR count). The molecule has 2 aliphatic carbocycles. The number of nitrogens with zero attached hydrogens (tertiary/aromatic N) is 1.